The minimum Gasteiger partial charge on any atom is -0.357 e. The van der Waals surface area contributed by atoms with E-state index in [1.165, 1.54) is 7.05 Å². The van der Waals surface area contributed by atoms with Gasteiger partial charge in [0.15, 0.2) is 0 Å². The molecule has 2 aromatic carbocycles. The molecule has 1 heterocycles. The number of carbonyl (C=O) groups excluding carboxylic acids is 2. The number of amides is 2. The van der Waals surface area contributed by atoms with Crippen molar-refractivity contribution in [2.75, 3.05) is 7.05 Å². The summed E-state index contributed by atoms with van der Waals surface area (Å²) in [7, 11) is 1.54. The van der Waals surface area contributed by atoms with E-state index in [0.29, 0.717) is 17.1 Å². The molecule has 0 aliphatic carbocycles. The van der Waals surface area contributed by atoms with Crippen LogP contribution in [0.5, 0.6) is 0 Å². The number of nitrogens with one attached hydrogen (secondary N) is 3. The van der Waals surface area contributed by atoms with Gasteiger partial charge in [-0.1, -0.05) is 57.9 Å². The lowest BCUT2D eigenvalue weighted by atomic mass is 10.0. The van der Waals surface area contributed by atoms with E-state index in [1.807, 2.05) is 42.5 Å². The van der Waals surface area contributed by atoms with E-state index in [0.717, 1.165) is 15.6 Å². The molecule has 0 spiro atoms. The van der Waals surface area contributed by atoms with Crippen molar-refractivity contribution >= 4 is 39.3 Å². The van der Waals surface area contributed by atoms with Crippen LogP contribution < -0.4 is 10.6 Å². The summed E-state index contributed by atoms with van der Waals surface area (Å²) in [5.41, 5.74) is 2.44. The van der Waals surface area contributed by atoms with Gasteiger partial charge in [0.2, 0.25) is 5.91 Å². The predicted molar refractivity (Wildman–Crippen MR) is 112 cm³/mol. The molecule has 2 amide bonds. The van der Waals surface area contributed by atoms with Crippen LogP contribution >= 0.6 is 27.5 Å². The van der Waals surface area contributed by atoms with Crippen molar-refractivity contribution in [1.29, 1.82) is 0 Å². The fourth-order valence-corrected chi connectivity index (χ4v) is 3.44. The van der Waals surface area contributed by atoms with Gasteiger partial charge in [-0.05, 0) is 29.8 Å². The molecular formula is C20H18BrClN4O2. The molecule has 6 nitrogen and oxygen atoms in total. The van der Waals surface area contributed by atoms with Gasteiger partial charge in [-0.3, -0.25) is 14.7 Å². The fraction of sp³-hybridized carbons (Fsp3) is 0.150. The second kappa shape index (κ2) is 9.03. The normalized spacial score (nSPS) is 11.7. The van der Waals surface area contributed by atoms with E-state index < -0.39 is 11.9 Å². The minimum atomic E-state index is -0.723. The first-order valence-corrected chi connectivity index (χ1v) is 9.72. The number of H-pyrrole nitrogens is 1. The first kappa shape index (κ1) is 20.1. The van der Waals surface area contributed by atoms with E-state index in [4.69, 9.17) is 11.6 Å². The maximum Gasteiger partial charge on any atom is 0.269 e. The quantitative estimate of drug-likeness (QED) is 0.524. The lowest BCUT2D eigenvalue weighted by molar-refractivity contribution is -0.122. The van der Waals surface area contributed by atoms with Crippen LogP contribution in [0.25, 0.3) is 11.3 Å². The van der Waals surface area contributed by atoms with Crippen molar-refractivity contribution in [1.82, 2.24) is 20.8 Å². The van der Waals surface area contributed by atoms with Crippen LogP contribution in [-0.2, 0) is 11.2 Å². The van der Waals surface area contributed by atoms with Gasteiger partial charge < -0.3 is 10.6 Å². The van der Waals surface area contributed by atoms with E-state index in [1.54, 1.807) is 12.1 Å². The monoisotopic (exact) mass is 460 g/mol. The lowest BCUT2D eigenvalue weighted by Crippen LogP contribution is -2.47. The van der Waals surface area contributed by atoms with Gasteiger partial charge in [0, 0.05) is 23.5 Å². The van der Waals surface area contributed by atoms with Crippen molar-refractivity contribution < 1.29 is 9.59 Å². The van der Waals surface area contributed by atoms with E-state index in [-0.39, 0.29) is 11.6 Å². The molecule has 3 aromatic rings. The Balaban J connectivity index is 1.77. The molecule has 1 atom stereocenters. The summed E-state index contributed by atoms with van der Waals surface area (Å²) in [6, 6.07) is 15.7. The number of aromatic nitrogens is 2. The molecule has 3 rings (SSSR count). The van der Waals surface area contributed by atoms with Crippen LogP contribution in [0.3, 0.4) is 0 Å². The van der Waals surface area contributed by atoms with Crippen LogP contribution in [0.1, 0.15) is 16.1 Å². The van der Waals surface area contributed by atoms with Crippen molar-refractivity contribution in [2.24, 2.45) is 0 Å². The Labute approximate surface area is 175 Å². The lowest BCUT2D eigenvalue weighted by Gasteiger charge is -2.17. The number of aromatic amines is 1. The molecule has 0 radical (unpaired) electrons. The van der Waals surface area contributed by atoms with Crippen LogP contribution in [0.4, 0.5) is 0 Å². The molecule has 3 N–H and O–H groups in total. The van der Waals surface area contributed by atoms with Gasteiger partial charge in [0.1, 0.15) is 11.7 Å². The third-order valence-electron chi connectivity index (χ3n) is 4.17. The highest BCUT2D eigenvalue weighted by molar-refractivity contribution is 9.10. The van der Waals surface area contributed by atoms with Crippen molar-refractivity contribution in [2.45, 2.75) is 12.5 Å². The van der Waals surface area contributed by atoms with Gasteiger partial charge in [0.25, 0.3) is 5.91 Å². The van der Waals surface area contributed by atoms with Crippen LogP contribution in [0.15, 0.2) is 59.1 Å². The summed E-state index contributed by atoms with van der Waals surface area (Å²) in [5.74, 6) is -0.700. The van der Waals surface area contributed by atoms with Gasteiger partial charge in [-0.25, -0.2) is 0 Å². The van der Waals surface area contributed by atoms with E-state index in [2.05, 4.69) is 36.8 Å². The Morgan fingerprint density at radius 3 is 2.68 bits per heavy atom. The molecule has 0 saturated heterocycles. The third-order valence-corrected chi connectivity index (χ3v) is 4.99. The third kappa shape index (κ3) is 4.79. The summed E-state index contributed by atoms with van der Waals surface area (Å²) in [6.07, 6.45) is 0.358. The minimum absolute atomic E-state index is 0.248. The van der Waals surface area contributed by atoms with Gasteiger partial charge >= 0.3 is 0 Å². The first-order valence-electron chi connectivity index (χ1n) is 8.55. The smallest absolute Gasteiger partial charge is 0.269 e. The summed E-state index contributed by atoms with van der Waals surface area (Å²) in [6.45, 7) is 0. The molecule has 0 unspecified atom stereocenters. The van der Waals surface area contributed by atoms with E-state index in [9.17, 15) is 9.59 Å². The number of nitrogens with zero attached hydrogens (tertiary/aromatic N) is 1. The second-order valence-electron chi connectivity index (χ2n) is 6.12. The summed E-state index contributed by atoms with van der Waals surface area (Å²) < 4.78 is 0.907. The zero-order chi connectivity index (χ0) is 20.1. The SMILES string of the molecule is CNC(=O)[C@H](Cc1cccc(Br)c1)NC(=O)c1cc(-c2ccccc2Cl)n[nH]1. The topological polar surface area (TPSA) is 86.9 Å². The molecule has 0 aliphatic rings. The van der Waals surface area contributed by atoms with Gasteiger partial charge in [0.05, 0.1) is 10.7 Å². The molecule has 0 aliphatic heterocycles. The number of likely N-dealkylation sites (N-methyl/N-ethyl adjacent to an activating group) is 1. The molecule has 28 heavy (non-hydrogen) atoms. The van der Waals surface area contributed by atoms with Crippen LogP contribution in [0.2, 0.25) is 5.02 Å². The number of carbonyl (C=O) groups is 2. The number of rotatable bonds is 6. The summed E-state index contributed by atoms with van der Waals surface area (Å²) in [4.78, 5) is 24.9. The molecule has 0 saturated carbocycles. The average Bonchev–Trinajstić information content (AvgIpc) is 3.17. The largest absolute Gasteiger partial charge is 0.357 e. The van der Waals surface area contributed by atoms with Crippen LogP contribution in [-0.4, -0.2) is 35.1 Å². The van der Waals surface area contributed by atoms with E-state index >= 15 is 0 Å². The molecule has 0 fully saturated rings. The summed E-state index contributed by atoms with van der Waals surface area (Å²) in [5, 5.41) is 12.8. The second-order valence-corrected chi connectivity index (χ2v) is 7.44. The highest BCUT2D eigenvalue weighted by Crippen LogP contribution is 2.26. The number of hydrogen-bond donors (Lipinski definition) is 3. The van der Waals surface area contributed by atoms with Crippen molar-refractivity contribution in [3.05, 3.63) is 75.4 Å². The first-order chi connectivity index (χ1) is 13.5. The molecule has 0 bridgehead atoms. The number of halogens is 2. The number of benzene rings is 2. The number of hydrogen-bond acceptors (Lipinski definition) is 3. The van der Waals surface area contributed by atoms with Gasteiger partial charge in [-0.15, -0.1) is 0 Å². The van der Waals surface area contributed by atoms with Crippen molar-refractivity contribution in [3.8, 4) is 11.3 Å². The van der Waals surface area contributed by atoms with Gasteiger partial charge in [-0.2, -0.15) is 5.10 Å². The Bertz CT molecular complexity index is 1010. The summed E-state index contributed by atoms with van der Waals surface area (Å²) >= 11 is 9.60. The standard InChI is InChI=1S/C20H18BrClN4O2/c1-23-19(27)17(10-12-5-4-6-13(21)9-12)24-20(28)18-11-16(25-26-18)14-7-2-3-8-15(14)22/h2-9,11,17H,10H2,1H3,(H,23,27)(H,24,28)(H,25,26)/t17-/m0/s1. The maximum atomic E-state index is 12.7. The zero-order valence-corrected chi connectivity index (χ0v) is 17.3. The molecular weight excluding hydrogens is 444 g/mol. The molecule has 144 valence electrons. The molecule has 1 aromatic heterocycles. The predicted octanol–water partition coefficient (Wildman–Crippen LogP) is 3.58. The van der Waals surface area contributed by atoms with Crippen LogP contribution in [0, 0.1) is 0 Å². The highest BCUT2D eigenvalue weighted by Gasteiger charge is 2.22. The fourth-order valence-electron chi connectivity index (χ4n) is 2.76. The van der Waals surface area contributed by atoms with Crippen molar-refractivity contribution in [3.63, 3.8) is 0 Å². The maximum absolute atomic E-state index is 12.7. The Morgan fingerprint density at radius 2 is 1.96 bits per heavy atom. The highest BCUT2D eigenvalue weighted by atomic mass is 79.9. The molecule has 8 heteroatoms. The Kier molecular flexibility index (Phi) is 6.49. The average molecular weight is 462 g/mol. The Hall–Kier alpha value is -2.64. The Morgan fingerprint density at radius 1 is 1.18 bits per heavy atom. The zero-order valence-electron chi connectivity index (χ0n) is 15.0.